The Kier molecular flexibility index (Phi) is 2.47. The van der Waals surface area contributed by atoms with Crippen molar-refractivity contribution in [1.82, 2.24) is 0 Å². The maximum absolute atomic E-state index is 6.86. The van der Waals surface area contributed by atoms with Gasteiger partial charge in [-0.25, -0.2) is 0 Å². The average Bonchev–Trinajstić information content (AvgIpc) is 2.10. The topological polar surface area (TPSA) is 0 Å². The summed E-state index contributed by atoms with van der Waals surface area (Å²) >= 11 is 4.99. The predicted octanol–water partition coefficient (Wildman–Crippen LogP) is 4.51. The van der Waals surface area contributed by atoms with Gasteiger partial charge in [-0.3, -0.25) is 0 Å². The van der Waals surface area contributed by atoms with Crippen molar-refractivity contribution in [2.24, 2.45) is 17.8 Å². The van der Waals surface area contributed by atoms with E-state index in [9.17, 15) is 0 Å². The van der Waals surface area contributed by atoms with Crippen molar-refractivity contribution in [3.8, 4) is 0 Å². The van der Waals surface area contributed by atoms with Gasteiger partial charge in [-0.1, -0.05) is 0 Å². The Morgan fingerprint density at radius 3 is 2.00 bits per heavy atom. The van der Waals surface area contributed by atoms with Gasteiger partial charge in [0.05, 0.1) is 0 Å². The van der Waals surface area contributed by atoms with Crippen molar-refractivity contribution in [1.29, 1.82) is 0 Å². The molecule has 3 unspecified atom stereocenters. The zero-order valence-corrected chi connectivity index (χ0v) is 13.8. The third-order valence-electron chi connectivity index (χ3n) is 5.68. The Labute approximate surface area is 103 Å². The van der Waals surface area contributed by atoms with E-state index in [0.29, 0.717) is 8.81 Å². The van der Waals surface area contributed by atoms with E-state index in [2.05, 4.69) is 14.8 Å². The Morgan fingerprint density at radius 1 is 1.00 bits per heavy atom. The average molecular weight is 333 g/mol. The van der Waals surface area contributed by atoms with Crippen molar-refractivity contribution >= 4 is 30.0 Å². The number of hydrogen-bond donors (Lipinski definition) is 0. The van der Waals surface area contributed by atoms with Gasteiger partial charge in [0.2, 0.25) is 0 Å². The number of hydrogen-bond acceptors (Lipinski definition) is 0. The fourth-order valence-corrected chi connectivity index (χ4v) is 15.8. The molecule has 2 heteroatoms. The molecular weight excluding hydrogens is 310 g/mol. The fraction of sp³-hybridized carbons (Fsp3) is 1.00. The van der Waals surface area contributed by atoms with Crippen LogP contribution >= 0.6 is 11.6 Å². The van der Waals surface area contributed by atoms with E-state index < -0.39 is 18.4 Å². The summed E-state index contributed by atoms with van der Waals surface area (Å²) in [5.41, 5.74) is 0. The molecule has 0 aromatic rings. The maximum atomic E-state index is 6.86. The number of halogens is 1. The van der Waals surface area contributed by atoms with E-state index >= 15 is 0 Å². The SMILES string of the molecule is [CH3][Sn]([CH3])([CH3])[C]12C[C@@H]3CC(C[C@@H](C3)C1)C2Cl. The van der Waals surface area contributed by atoms with Crippen LogP contribution in [-0.4, -0.2) is 23.8 Å². The molecule has 4 rings (SSSR count). The standard InChI is InChI=1S/C10H14Cl.3CH3.Sn/c11-10-8-2-6-1-7(4-8)5-9(10)3-6;;;;/h6-8,10H,1-5H2;3*1H3;/t6-,7+,8?,10?;;;;. The van der Waals surface area contributed by atoms with E-state index in [1.54, 1.807) is 6.42 Å². The molecule has 4 bridgehead atoms. The van der Waals surface area contributed by atoms with E-state index in [-0.39, 0.29) is 0 Å². The van der Waals surface area contributed by atoms with E-state index in [1.807, 2.05) is 0 Å². The second-order valence-electron chi connectivity index (χ2n) is 7.42. The molecule has 4 aliphatic carbocycles. The summed E-state index contributed by atoms with van der Waals surface area (Å²) in [6.07, 6.45) is 7.49. The van der Waals surface area contributed by atoms with Gasteiger partial charge in [0, 0.05) is 0 Å². The van der Waals surface area contributed by atoms with Crippen molar-refractivity contribution in [3.05, 3.63) is 0 Å². The van der Waals surface area contributed by atoms with Crippen molar-refractivity contribution in [2.45, 2.75) is 55.7 Å². The van der Waals surface area contributed by atoms with Gasteiger partial charge in [-0.15, -0.1) is 0 Å². The molecule has 4 saturated carbocycles. The minimum atomic E-state index is -1.87. The summed E-state index contributed by atoms with van der Waals surface area (Å²) in [5.74, 6) is 3.02. The first-order valence-electron chi connectivity index (χ1n) is 6.56. The van der Waals surface area contributed by atoms with Crippen LogP contribution in [-0.2, 0) is 0 Å². The summed E-state index contributed by atoms with van der Waals surface area (Å²) in [7, 11) is 0. The first-order chi connectivity index (χ1) is 6.92. The molecule has 86 valence electrons. The van der Waals surface area contributed by atoms with Crippen LogP contribution in [0.3, 0.4) is 0 Å². The molecule has 4 aliphatic rings. The Balaban J connectivity index is 2.01. The van der Waals surface area contributed by atoms with Gasteiger partial charge < -0.3 is 0 Å². The first kappa shape index (κ1) is 11.2. The van der Waals surface area contributed by atoms with E-state index in [4.69, 9.17) is 11.6 Å². The molecule has 4 fully saturated rings. The summed E-state index contributed by atoms with van der Waals surface area (Å²) in [4.78, 5) is 7.87. The Bertz CT molecular complexity index is 267. The molecule has 0 amide bonds. The number of alkyl halides is 1. The molecule has 0 N–H and O–H groups in total. The minimum absolute atomic E-state index is 0.557. The summed E-state index contributed by atoms with van der Waals surface area (Å²) in [5, 5.41) is 0.557. The van der Waals surface area contributed by atoms with Gasteiger partial charge in [-0.05, 0) is 0 Å². The van der Waals surface area contributed by atoms with Crippen LogP contribution in [0.15, 0.2) is 0 Å². The molecule has 0 saturated heterocycles. The van der Waals surface area contributed by atoms with Crippen LogP contribution in [0.5, 0.6) is 0 Å². The molecule has 15 heavy (non-hydrogen) atoms. The molecule has 0 radical (unpaired) electrons. The third kappa shape index (κ3) is 1.46. The molecule has 0 heterocycles. The van der Waals surface area contributed by atoms with Crippen molar-refractivity contribution < 1.29 is 0 Å². The van der Waals surface area contributed by atoms with Gasteiger partial charge in [0.25, 0.3) is 0 Å². The molecule has 0 nitrogen and oxygen atoms in total. The monoisotopic (exact) mass is 334 g/mol. The third-order valence-corrected chi connectivity index (χ3v) is 17.6. The second kappa shape index (κ2) is 3.31. The summed E-state index contributed by atoms with van der Waals surface area (Å²) < 4.78 is 0.672. The van der Waals surface area contributed by atoms with E-state index in [1.165, 1.54) is 25.7 Å². The van der Waals surface area contributed by atoms with Crippen LogP contribution in [0.25, 0.3) is 0 Å². The zero-order chi connectivity index (χ0) is 10.8. The van der Waals surface area contributed by atoms with Crippen LogP contribution in [0.4, 0.5) is 0 Å². The Morgan fingerprint density at radius 2 is 1.53 bits per heavy atom. The predicted molar refractivity (Wildman–Crippen MR) is 69.2 cm³/mol. The second-order valence-corrected chi connectivity index (χ2v) is 23.6. The van der Waals surface area contributed by atoms with Gasteiger partial charge in [0.15, 0.2) is 0 Å². The Hall–Kier alpha value is 1.09. The van der Waals surface area contributed by atoms with Crippen molar-refractivity contribution in [3.63, 3.8) is 0 Å². The molecule has 0 spiro atoms. The van der Waals surface area contributed by atoms with Crippen LogP contribution in [0, 0.1) is 17.8 Å². The summed E-state index contributed by atoms with van der Waals surface area (Å²) in [6.45, 7) is 0. The van der Waals surface area contributed by atoms with Gasteiger partial charge in [-0.2, -0.15) is 0 Å². The van der Waals surface area contributed by atoms with Crippen LogP contribution < -0.4 is 0 Å². The quantitative estimate of drug-likeness (QED) is 0.489. The van der Waals surface area contributed by atoms with Crippen molar-refractivity contribution in [2.75, 3.05) is 0 Å². The molecule has 0 aromatic heterocycles. The van der Waals surface area contributed by atoms with E-state index in [0.717, 1.165) is 17.8 Å². The van der Waals surface area contributed by atoms with Gasteiger partial charge >= 0.3 is 103 Å². The zero-order valence-electron chi connectivity index (χ0n) is 10.2. The normalized spacial score (nSPS) is 53.6. The molecule has 0 aromatic carbocycles. The molecule has 0 aliphatic heterocycles. The molecule has 5 atom stereocenters. The summed E-state index contributed by atoms with van der Waals surface area (Å²) in [6, 6.07) is 0. The fourth-order valence-electron chi connectivity index (χ4n) is 5.00. The first-order valence-corrected chi connectivity index (χ1v) is 17.0. The number of rotatable bonds is 1. The van der Waals surface area contributed by atoms with Crippen LogP contribution in [0.2, 0.25) is 18.2 Å². The van der Waals surface area contributed by atoms with Gasteiger partial charge in [0.1, 0.15) is 0 Å². The van der Waals surface area contributed by atoms with Crippen LogP contribution in [0.1, 0.15) is 32.1 Å². The molecular formula is C13H23ClSn.